The van der Waals surface area contributed by atoms with Crippen molar-refractivity contribution in [3.63, 3.8) is 0 Å². The van der Waals surface area contributed by atoms with Gasteiger partial charge in [-0.05, 0) is 61.0 Å². The van der Waals surface area contributed by atoms with Crippen molar-refractivity contribution in [1.29, 1.82) is 0 Å². The zero-order chi connectivity index (χ0) is 28.0. The van der Waals surface area contributed by atoms with Crippen molar-refractivity contribution in [2.24, 2.45) is 0 Å². The summed E-state index contributed by atoms with van der Waals surface area (Å²) in [7, 11) is 0. The van der Waals surface area contributed by atoms with Gasteiger partial charge in [-0.3, -0.25) is 24.6 Å². The summed E-state index contributed by atoms with van der Waals surface area (Å²) in [6.07, 6.45) is 0. The topological polar surface area (TPSA) is 141 Å². The average molecular weight is 560 g/mol. The molecule has 0 bridgehead atoms. The van der Waals surface area contributed by atoms with Gasteiger partial charge in [-0.15, -0.1) is 0 Å². The summed E-state index contributed by atoms with van der Waals surface area (Å²) < 4.78 is 17.5. The number of thiazole rings is 1. The van der Waals surface area contributed by atoms with E-state index in [1.54, 1.807) is 30.3 Å². The minimum Gasteiger partial charge on any atom is -0.507 e. The molecule has 12 heteroatoms. The number of Topliss-reactive ketones (excluding diaryl/α,β-unsaturated/α-hetero) is 1. The molecule has 0 saturated carbocycles. The number of rotatable bonds is 6. The molecular weight excluding hydrogens is 538 g/mol. The van der Waals surface area contributed by atoms with Crippen LogP contribution in [0.3, 0.4) is 0 Å². The quantitative estimate of drug-likeness (QED) is 0.114. The number of ether oxygens (including phenoxy) is 3. The fourth-order valence-electron chi connectivity index (χ4n) is 4.72. The van der Waals surface area contributed by atoms with Crippen molar-refractivity contribution in [3.8, 4) is 17.2 Å². The van der Waals surface area contributed by atoms with Crippen molar-refractivity contribution < 1.29 is 33.8 Å². The smallest absolute Gasteiger partial charge is 0.301 e. The van der Waals surface area contributed by atoms with Crippen LogP contribution in [0.2, 0.25) is 0 Å². The zero-order valence-electron chi connectivity index (χ0n) is 21.0. The van der Waals surface area contributed by atoms with Crippen LogP contribution in [0.1, 0.15) is 24.1 Å². The van der Waals surface area contributed by atoms with E-state index in [-0.39, 0.29) is 22.0 Å². The Balaban J connectivity index is 1.51. The molecule has 4 aromatic rings. The Kier molecular flexibility index (Phi) is 6.31. The summed E-state index contributed by atoms with van der Waals surface area (Å²) in [5.41, 5.74) is 0.901. The first-order valence-electron chi connectivity index (χ1n) is 12.3. The van der Waals surface area contributed by atoms with E-state index in [1.807, 2.05) is 6.92 Å². The molecule has 1 fully saturated rings. The number of benzene rings is 3. The van der Waals surface area contributed by atoms with E-state index < -0.39 is 28.4 Å². The van der Waals surface area contributed by atoms with Crippen LogP contribution >= 0.6 is 11.3 Å². The fourth-order valence-corrected chi connectivity index (χ4v) is 5.74. The van der Waals surface area contributed by atoms with Gasteiger partial charge in [0.1, 0.15) is 24.7 Å². The van der Waals surface area contributed by atoms with Crippen molar-refractivity contribution >= 4 is 49.8 Å². The summed E-state index contributed by atoms with van der Waals surface area (Å²) in [4.78, 5) is 43.5. The number of hydrogen-bond acceptors (Lipinski definition) is 10. The Hall–Kier alpha value is -4.97. The molecule has 40 heavy (non-hydrogen) atoms. The second-order valence-electron chi connectivity index (χ2n) is 8.94. The number of ketones is 1. The van der Waals surface area contributed by atoms with Gasteiger partial charge in [0.05, 0.1) is 33.4 Å². The number of nitro groups is 1. The van der Waals surface area contributed by atoms with Gasteiger partial charge in [0.2, 0.25) is 0 Å². The molecule has 1 N–H and O–H groups in total. The summed E-state index contributed by atoms with van der Waals surface area (Å²) in [5.74, 6) is -0.681. The maximum atomic E-state index is 13.5. The van der Waals surface area contributed by atoms with E-state index in [2.05, 4.69) is 4.98 Å². The average Bonchev–Trinajstić information content (AvgIpc) is 3.50. The van der Waals surface area contributed by atoms with Gasteiger partial charge in [0.15, 0.2) is 16.6 Å². The van der Waals surface area contributed by atoms with Crippen molar-refractivity contribution in [2.75, 3.05) is 24.7 Å². The van der Waals surface area contributed by atoms with E-state index in [4.69, 9.17) is 14.2 Å². The predicted octanol–water partition coefficient (Wildman–Crippen LogP) is 5.00. The monoisotopic (exact) mass is 559 g/mol. The lowest BCUT2D eigenvalue weighted by Crippen LogP contribution is -2.29. The second-order valence-corrected chi connectivity index (χ2v) is 9.94. The zero-order valence-corrected chi connectivity index (χ0v) is 21.8. The molecule has 0 aliphatic carbocycles. The molecule has 6 rings (SSSR count). The predicted molar refractivity (Wildman–Crippen MR) is 146 cm³/mol. The van der Waals surface area contributed by atoms with Gasteiger partial charge in [0, 0.05) is 17.7 Å². The number of non-ortho nitro benzene ring substituents is 1. The third-order valence-electron chi connectivity index (χ3n) is 6.55. The van der Waals surface area contributed by atoms with Crippen LogP contribution in [0.4, 0.5) is 10.8 Å². The highest BCUT2D eigenvalue weighted by Crippen LogP contribution is 2.45. The van der Waals surface area contributed by atoms with Crippen LogP contribution in [0.15, 0.2) is 66.2 Å². The van der Waals surface area contributed by atoms with Gasteiger partial charge >= 0.3 is 5.91 Å². The fraction of sp³-hybridized carbons (Fsp3) is 0.179. The number of carbonyl (C=O) groups is 2. The maximum Gasteiger partial charge on any atom is 0.301 e. The Morgan fingerprint density at radius 1 is 1.10 bits per heavy atom. The molecule has 3 heterocycles. The Morgan fingerprint density at radius 3 is 2.58 bits per heavy atom. The van der Waals surface area contributed by atoms with Gasteiger partial charge in [-0.2, -0.15) is 0 Å². The highest BCUT2D eigenvalue weighted by atomic mass is 32.1. The van der Waals surface area contributed by atoms with E-state index in [0.29, 0.717) is 48.1 Å². The number of anilines is 1. The molecule has 11 nitrogen and oxygen atoms in total. The van der Waals surface area contributed by atoms with Crippen molar-refractivity contribution in [1.82, 2.24) is 4.98 Å². The van der Waals surface area contributed by atoms with Crippen LogP contribution in [-0.4, -0.2) is 46.5 Å². The molecule has 2 aliphatic rings. The van der Waals surface area contributed by atoms with Crippen LogP contribution in [-0.2, 0) is 9.59 Å². The second kappa shape index (κ2) is 9.97. The Bertz CT molecular complexity index is 1710. The van der Waals surface area contributed by atoms with Crippen molar-refractivity contribution in [2.45, 2.75) is 13.0 Å². The molecule has 1 aromatic heterocycles. The Labute approximate surface area is 231 Å². The number of nitrogens with zero attached hydrogens (tertiary/aromatic N) is 3. The van der Waals surface area contributed by atoms with E-state index in [1.165, 1.54) is 46.6 Å². The third-order valence-corrected chi connectivity index (χ3v) is 7.56. The minimum absolute atomic E-state index is 0.157. The highest BCUT2D eigenvalue weighted by molar-refractivity contribution is 7.22. The number of aliphatic hydroxyl groups is 1. The molecule has 1 amide bonds. The first-order chi connectivity index (χ1) is 19.4. The van der Waals surface area contributed by atoms with Crippen LogP contribution in [0.25, 0.3) is 16.0 Å². The summed E-state index contributed by atoms with van der Waals surface area (Å²) in [5, 5.41) is 22.9. The SMILES string of the molecule is CCOc1ccc2nc(N3C(=O)C(=O)C(=C(O)c4ccc5c(c4)OCCO5)[C@H]3c3ccc([N+](=O)[O-])cc3)sc2c1. The number of fused-ring (bicyclic) bond motifs is 2. The number of nitro benzene ring substituents is 1. The van der Waals surface area contributed by atoms with Gasteiger partial charge in [0.25, 0.3) is 11.5 Å². The molecule has 0 spiro atoms. The van der Waals surface area contributed by atoms with Crippen molar-refractivity contribution in [3.05, 3.63) is 87.5 Å². The molecule has 202 valence electrons. The van der Waals surface area contributed by atoms with Crippen LogP contribution in [0.5, 0.6) is 17.2 Å². The highest BCUT2D eigenvalue weighted by Gasteiger charge is 2.48. The maximum absolute atomic E-state index is 13.5. The molecule has 1 saturated heterocycles. The first kappa shape index (κ1) is 25.3. The molecule has 1 atom stereocenters. The van der Waals surface area contributed by atoms with E-state index in [9.17, 15) is 24.8 Å². The normalized spacial score (nSPS) is 17.8. The summed E-state index contributed by atoms with van der Waals surface area (Å²) in [6.45, 7) is 3.06. The van der Waals surface area contributed by atoms with E-state index in [0.717, 1.165) is 4.70 Å². The summed E-state index contributed by atoms with van der Waals surface area (Å²) in [6, 6.07) is 14.4. The minimum atomic E-state index is -1.10. The molecule has 3 aromatic carbocycles. The third kappa shape index (κ3) is 4.28. The Morgan fingerprint density at radius 2 is 1.85 bits per heavy atom. The lowest BCUT2D eigenvalue weighted by atomic mass is 9.95. The number of aromatic nitrogens is 1. The molecule has 2 aliphatic heterocycles. The van der Waals surface area contributed by atoms with Crippen LogP contribution < -0.4 is 19.1 Å². The van der Waals surface area contributed by atoms with Gasteiger partial charge in [-0.1, -0.05) is 11.3 Å². The number of hydrogen-bond donors (Lipinski definition) is 1. The molecular formula is C28H21N3O8S. The largest absolute Gasteiger partial charge is 0.507 e. The number of aliphatic hydroxyl groups excluding tert-OH is 1. The molecule has 0 unspecified atom stereocenters. The van der Waals surface area contributed by atoms with E-state index >= 15 is 0 Å². The number of carbonyl (C=O) groups excluding carboxylic acids is 2. The number of amides is 1. The van der Waals surface area contributed by atoms with Gasteiger partial charge < -0.3 is 19.3 Å². The lowest BCUT2D eigenvalue weighted by molar-refractivity contribution is -0.384. The standard InChI is InChI=1S/C28H21N3O8S/c1-2-37-18-8-9-19-22(14-18)40-28(29-19)30-24(15-3-6-17(7-4-15)31(35)36)23(26(33)27(30)34)25(32)16-5-10-20-21(13-16)39-12-11-38-20/h3-10,13-14,24,32H,2,11-12H2,1H3/t24-/m1/s1. The summed E-state index contributed by atoms with van der Waals surface area (Å²) >= 11 is 1.19. The van der Waals surface area contributed by atoms with Gasteiger partial charge in [-0.25, -0.2) is 4.98 Å². The van der Waals surface area contributed by atoms with Crippen LogP contribution in [0, 0.1) is 10.1 Å². The first-order valence-corrected chi connectivity index (χ1v) is 13.2. The lowest BCUT2D eigenvalue weighted by Gasteiger charge is -2.23. The molecule has 0 radical (unpaired) electrons.